The number of anilines is 2. The number of hydrogen-bond donors (Lipinski definition) is 2. The van der Waals surface area contributed by atoms with E-state index in [1.165, 1.54) is 16.4 Å². The SMILES string of the molecule is Cc1cccnc1NC(=O)[C@@H]1CC(=O)Nc2nc(SCc3ccccc3)nn21. The summed E-state index contributed by atoms with van der Waals surface area (Å²) in [5.41, 5.74) is 1.98. The maximum absolute atomic E-state index is 12.8. The molecule has 0 aliphatic carbocycles. The largest absolute Gasteiger partial charge is 0.309 e. The van der Waals surface area contributed by atoms with Crippen molar-refractivity contribution in [3.8, 4) is 0 Å². The molecule has 3 aromatic rings. The highest BCUT2D eigenvalue weighted by molar-refractivity contribution is 7.98. The average Bonchev–Trinajstić information content (AvgIpc) is 3.11. The summed E-state index contributed by atoms with van der Waals surface area (Å²) in [5, 5.41) is 10.4. The Labute approximate surface area is 165 Å². The molecule has 8 nitrogen and oxygen atoms in total. The second-order valence-corrected chi connectivity index (χ2v) is 7.31. The van der Waals surface area contributed by atoms with Crippen LogP contribution in [0.3, 0.4) is 0 Å². The number of amides is 2. The first-order valence-electron chi connectivity index (χ1n) is 8.76. The van der Waals surface area contributed by atoms with Gasteiger partial charge in [-0.05, 0) is 24.1 Å². The van der Waals surface area contributed by atoms with Crippen molar-refractivity contribution in [2.75, 3.05) is 10.6 Å². The summed E-state index contributed by atoms with van der Waals surface area (Å²) in [6.45, 7) is 1.86. The van der Waals surface area contributed by atoms with Crippen LogP contribution in [-0.2, 0) is 15.3 Å². The molecule has 0 spiro atoms. The lowest BCUT2D eigenvalue weighted by molar-refractivity contribution is -0.125. The van der Waals surface area contributed by atoms with Crippen molar-refractivity contribution in [2.24, 2.45) is 0 Å². The second-order valence-electron chi connectivity index (χ2n) is 6.36. The number of carbonyl (C=O) groups is 2. The number of nitrogens with one attached hydrogen (secondary N) is 2. The number of rotatable bonds is 5. The fourth-order valence-electron chi connectivity index (χ4n) is 2.85. The Bertz CT molecular complexity index is 1020. The van der Waals surface area contributed by atoms with Gasteiger partial charge < -0.3 is 5.32 Å². The van der Waals surface area contributed by atoms with Crippen molar-refractivity contribution in [2.45, 2.75) is 30.3 Å². The van der Waals surface area contributed by atoms with Crippen molar-refractivity contribution >= 4 is 35.3 Å². The van der Waals surface area contributed by atoms with E-state index in [0.717, 1.165) is 11.1 Å². The minimum atomic E-state index is -0.774. The number of nitrogens with zero attached hydrogens (tertiary/aromatic N) is 4. The van der Waals surface area contributed by atoms with Crippen LogP contribution < -0.4 is 10.6 Å². The molecular formula is C19H18N6O2S. The average molecular weight is 394 g/mol. The third kappa shape index (κ3) is 3.89. The zero-order valence-corrected chi connectivity index (χ0v) is 15.9. The van der Waals surface area contributed by atoms with Crippen molar-refractivity contribution in [1.82, 2.24) is 19.7 Å². The predicted octanol–water partition coefficient (Wildman–Crippen LogP) is 2.80. The smallest absolute Gasteiger partial charge is 0.251 e. The van der Waals surface area contributed by atoms with E-state index in [9.17, 15) is 9.59 Å². The van der Waals surface area contributed by atoms with Crippen LogP contribution in [0.2, 0.25) is 0 Å². The molecule has 1 aromatic carbocycles. The Kier molecular flexibility index (Phi) is 5.07. The predicted molar refractivity (Wildman–Crippen MR) is 106 cm³/mol. The van der Waals surface area contributed by atoms with E-state index >= 15 is 0 Å². The van der Waals surface area contributed by atoms with Gasteiger partial charge in [-0.15, -0.1) is 5.10 Å². The molecule has 28 heavy (non-hydrogen) atoms. The zero-order valence-electron chi connectivity index (χ0n) is 15.1. The van der Waals surface area contributed by atoms with E-state index in [1.54, 1.807) is 12.3 Å². The van der Waals surface area contributed by atoms with Crippen LogP contribution in [0.5, 0.6) is 0 Å². The molecular weight excluding hydrogens is 376 g/mol. The second kappa shape index (κ2) is 7.81. The topological polar surface area (TPSA) is 102 Å². The molecule has 0 unspecified atom stereocenters. The number of aryl methyl sites for hydroxylation is 1. The Morgan fingerprint density at radius 3 is 2.89 bits per heavy atom. The lowest BCUT2D eigenvalue weighted by atomic mass is 10.1. The Hall–Kier alpha value is -3.20. The van der Waals surface area contributed by atoms with Gasteiger partial charge >= 0.3 is 0 Å². The van der Waals surface area contributed by atoms with Crippen molar-refractivity contribution in [3.05, 3.63) is 59.8 Å². The first-order valence-corrected chi connectivity index (χ1v) is 9.74. The maximum atomic E-state index is 12.8. The van der Waals surface area contributed by atoms with Gasteiger partial charge in [0.05, 0.1) is 6.42 Å². The molecule has 2 aromatic heterocycles. The van der Waals surface area contributed by atoms with Gasteiger partial charge in [0.1, 0.15) is 11.9 Å². The summed E-state index contributed by atoms with van der Waals surface area (Å²) < 4.78 is 1.47. The molecule has 3 heterocycles. The van der Waals surface area contributed by atoms with E-state index in [4.69, 9.17) is 0 Å². The number of thioether (sulfide) groups is 1. The molecule has 0 radical (unpaired) electrons. The van der Waals surface area contributed by atoms with Gasteiger partial charge in [-0.3, -0.25) is 14.9 Å². The summed E-state index contributed by atoms with van der Waals surface area (Å²) in [5.74, 6) is 0.839. The van der Waals surface area contributed by atoms with E-state index in [2.05, 4.69) is 25.7 Å². The van der Waals surface area contributed by atoms with Crippen LogP contribution >= 0.6 is 11.8 Å². The van der Waals surface area contributed by atoms with Crippen LogP contribution in [0.25, 0.3) is 0 Å². The van der Waals surface area contributed by atoms with Gasteiger partial charge in [-0.1, -0.05) is 48.2 Å². The highest BCUT2D eigenvalue weighted by atomic mass is 32.2. The van der Waals surface area contributed by atoms with Gasteiger partial charge in [0.15, 0.2) is 0 Å². The number of pyridine rings is 1. The van der Waals surface area contributed by atoms with Gasteiger partial charge in [-0.25, -0.2) is 9.67 Å². The van der Waals surface area contributed by atoms with Crippen LogP contribution in [-0.4, -0.2) is 31.6 Å². The number of aromatic nitrogens is 4. The molecule has 0 fully saturated rings. The third-order valence-electron chi connectivity index (χ3n) is 4.30. The van der Waals surface area contributed by atoms with Gasteiger partial charge in [-0.2, -0.15) is 4.98 Å². The molecule has 0 bridgehead atoms. The lowest BCUT2D eigenvalue weighted by Gasteiger charge is -2.22. The fourth-order valence-corrected chi connectivity index (χ4v) is 3.63. The molecule has 4 rings (SSSR count). The number of benzene rings is 1. The van der Waals surface area contributed by atoms with Gasteiger partial charge in [0.2, 0.25) is 17.0 Å². The highest BCUT2D eigenvalue weighted by Crippen LogP contribution is 2.28. The summed E-state index contributed by atoms with van der Waals surface area (Å²) in [7, 11) is 0. The summed E-state index contributed by atoms with van der Waals surface area (Å²) in [6.07, 6.45) is 1.60. The van der Waals surface area contributed by atoms with Crippen LogP contribution in [0, 0.1) is 6.92 Å². The Morgan fingerprint density at radius 1 is 1.29 bits per heavy atom. The van der Waals surface area contributed by atoms with Crippen molar-refractivity contribution in [1.29, 1.82) is 0 Å². The molecule has 0 saturated heterocycles. The first kappa shape index (κ1) is 18.2. The highest BCUT2D eigenvalue weighted by Gasteiger charge is 2.33. The molecule has 1 aliphatic rings. The zero-order chi connectivity index (χ0) is 19.5. The summed E-state index contributed by atoms with van der Waals surface area (Å²) in [4.78, 5) is 33.4. The van der Waals surface area contributed by atoms with Crippen molar-refractivity contribution < 1.29 is 9.59 Å². The lowest BCUT2D eigenvalue weighted by Crippen LogP contribution is -2.36. The standard InChI is InChI=1S/C19H18N6O2S/c1-12-6-5-9-20-16(12)22-17(27)14-10-15(26)21-18-23-19(24-25(14)18)28-11-13-7-3-2-4-8-13/h2-9,14H,10-11H2,1H3,(H,20,22,27)(H,21,23,24,26)/t14-/m0/s1. The van der Waals surface area contributed by atoms with Crippen molar-refractivity contribution in [3.63, 3.8) is 0 Å². The molecule has 2 amide bonds. The molecule has 1 aliphatic heterocycles. The van der Waals surface area contributed by atoms with E-state index in [-0.39, 0.29) is 24.2 Å². The third-order valence-corrected chi connectivity index (χ3v) is 5.21. The molecule has 9 heteroatoms. The van der Waals surface area contributed by atoms with Crippen LogP contribution in [0.15, 0.2) is 53.8 Å². The molecule has 1 atom stereocenters. The summed E-state index contributed by atoms with van der Waals surface area (Å²) in [6, 6.07) is 12.8. The van der Waals surface area contributed by atoms with E-state index in [0.29, 0.717) is 16.7 Å². The number of hydrogen-bond acceptors (Lipinski definition) is 6. The maximum Gasteiger partial charge on any atom is 0.251 e. The monoisotopic (exact) mass is 394 g/mol. The van der Waals surface area contributed by atoms with E-state index in [1.807, 2.05) is 43.3 Å². The molecule has 142 valence electrons. The van der Waals surface area contributed by atoms with Gasteiger partial charge in [0, 0.05) is 11.9 Å². The number of carbonyl (C=O) groups excluding carboxylic acids is 2. The van der Waals surface area contributed by atoms with Crippen LogP contribution in [0.1, 0.15) is 23.6 Å². The van der Waals surface area contributed by atoms with E-state index < -0.39 is 6.04 Å². The normalized spacial score (nSPS) is 15.6. The molecule has 0 saturated carbocycles. The molecule has 2 N–H and O–H groups in total. The first-order chi connectivity index (χ1) is 13.6. The quantitative estimate of drug-likeness (QED) is 0.645. The van der Waals surface area contributed by atoms with Crippen LogP contribution in [0.4, 0.5) is 11.8 Å². The summed E-state index contributed by atoms with van der Waals surface area (Å²) >= 11 is 1.45. The van der Waals surface area contributed by atoms with Gasteiger partial charge in [0.25, 0.3) is 5.91 Å². The number of fused-ring (bicyclic) bond motifs is 1. The fraction of sp³-hybridized carbons (Fsp3) is 0.211. The Balaban J connectivity index is 1.53. The minimum absolute atomic E-state index is 0.00311. The minimum Gasteiger partial charge on any atom is -0.309 e. The Morgan fingerprint density at radius 2 is 2.11 bits per heavy atom.